The van der Waals surface area contributed by atoms with Crippen LogP contribution in [0.25, 0.3) is 0 Å². The molecule has 27 heavy (non-hydrogen) atoms. The maximum absolute atomic E-state index is 5.74. The number of aryl methyl sites for hydroxylation is 1. The molecule has 152 valence electrons. The Hall–Kier alpha value is -1.79. The zero-order valence-electron chi connectivity index (χ0n) is 16.8. The Kier molecular flexibility index (Phi) is 10.7. The number of hydrogen-bond acceptors (Lipinski definition) is 4. The number of nitrogens with zero attached hydrogens (tertiary/aromatic N) is 1. The molecule has 0 radical (unpaired) electrons. The predicted molar refractivity (Wildman–Crippen MR) is 110 cm³/mol. The first kappa shape index (κ1) is 21.5. The van der Waals surface area contributed by atoms with E-state index >= 15 is 0 Å². The van der Waals surface area contributed by atoms with Gasteiger partial charge in [0.15, 0.2) is 5.96 Å². The highest BCUT2D eigenvalue weighted by Gasteiger charge is 2.14. The minimum atomic E-state index is 0.308. The first-order valence-corrected chi connectivity index (χ1v) is 10.1. The Labute approximate surface area is 163 Å². The zero-order chi connectivity index (χ0) is 19.2. The third kappa shape index (κ3) is 9.63. The largest absolute Gasteiger partial charge is 0.494 e. The van der Waals surface area contributed by atoms with Crippen molar-refractivity contribution in [1.29, 1.82) is 0 Å². The molecule has 2 N–H and O–H groups in total. The van der Waals surface area contributed by atoms with Crippen molar-refractivity contribution in [3.05, 3.63) is 29.8 Å². The topological polar surface area (TPSA) is 64.1 Å². The van der Waals surface area contributed by atoms with Gasteiger partial charge in [-0.25, -0.2) is 0 Å². The van der Waals surface area contributed by atoms with Crippen molar-refractivity contribution >= 4 is 5.96 Å². The van der Waals surface area contributed by atoms with Gasteiger partial charge < -0.3 is 24.8 Å². The molecule has 6 heteroatoms. The summed E-state index contributed by atoms with van der Waals surface area (Å²) in [5, 5.41) is 6.65. The van der Waals surface area contributed by atoms with Crippen LogP contribution in [-0.2, 0) is 9.47 Å². The fourth-order valence-corrected chi connectivity index (χ4v) is 2.85. The maximum atomic E-state index is 5.74. The summed E-state index contributed by atoms with van der Waals surface area (Å²) in [6, 6.07) is 8.17. The summed E-state index contributed by atoms with van der Waals surface area (Å²) in [5.74, 6) is 1.78. The molecule has 0 amide bonds. The van der Waals surface area contributed by atoms with E-state index in [1.807, 2.05) is 12.1 Å². The first-order chi connectivity index (χ1) is 13.3. The van der Waals surface area contributed by atoms with Crippen LogP contribution in [0.3, 0.4) is 0 Å². The van der Waals surface area contributed by atoms with Crippen molar-refractivity contribution in [2.24, 2.45) is 4.99 Å². The molecule has 6 nitrogen and oxygen atoms in total. The molecule has 1 aromatic rings. The highest BCUT2D eigenvalue weighted by Crippen LogP contribution is 2.12. The van der Waals surface area contributed by atoms with Gasteiger partial charge in [0.25, 0.3) is 0 Å². The normalized spacial score (nSPS) is 17.1. The van der Waals surface area contributed by atoms with Crippen LogP contribution in [0.15, 0.2) is 29.3 Å². The first-order valence-electron chi connectivity index (χ1n) is 10.1. The summed E-state index contributed by atoms with van der Waals surface area (Å²) in [6.07, 6.45) is 5.60. The molecule has 1 aliphatic heterocycles. The van der Waals surface area contributed by atoms with Crippen LogP contribution < -0.4 is 15.4 Å². The van der Waals surface area contributed by atoms with Gasteiger partial charge in [-0.2, -0.15) is 0 Å². The number of unbranched alkanes of at least 4 members (excludes halogenated alkanes) is 1. The van der Waals surface area contributed by atoms with Crippen molar-refractivity contribution in [3.63, 3.8) is 0 Å². The molecule has 2 rings (SSSR count). The lowest BCUT2D eigenvalue weighted by Gasteiger charge is -2.13. The van der Waals surface area contributed by atoms with Crippen LogP contribution in [0, 0.1) is 6.92 Å². The molecule has 1 unspecified atom stereocenters. The summed E-state index contributed by atoms with van der Waals surface area (Å²) in [4.78, 5) is 4.24. The van der Waals surface area contributed by atoms with Gasteiger partial charge in [-0.3, -0.25) is 4.99 Å². The quantitative estimate of drug-likeness (QED) is 0.333. The number of rotatable bonds is 12. The van der Waals surface area contributed by atoms with E-state index in [1.165, 1.54) is 5.56 Å². The van der Waals surface area contributed by atoms with Crippen LogP contribution in [0.5, 0.6) is 5.75 Å². The van der Waals surface area contributed by atoms with Crippen LogP contribution in [0.4, 0.5) is 0 Å². The van der Waals surface area contributed by atoms with Gasteiger partial charge in [0.05, 0.1) is 19.3 Å². The Morgan fingerprint density at radius 2 is 1.89 bits per heavy atom. The third-order valence-corrected chi connectivity index (χ3v) is 4.46. The molecule has 0 bridgehead atoms. The highest BCUT2D eigenvalue weighted by atomic mass is 16.5. The summed E-state index contributed by atoms with van der Waals surface area (Å²) in [7, 11) is 1.80. The molecule has 0 aliphatic carbocycles. The second-order valence-electron chi connectivity index (χ2n) is 6.86. The molecule has 1 saturated heterocycles. The van der Waals surface area contributed by atoms with Crippen LogP contribution >= 0.6 is 0 Å². The van der Waals surface area contributed by atoms with Crippen molar-refractivity contribution in [2.75, 3.05) is 46.6 Å². The minimum Gasteiger partial charge on any atom is -0.494 e. The molecule has 1 heterocycles. The second-order valence-corrected chi connectivity index (χ2v) is 6.86. The Morgan fingerprint density at radius 3 is 2.59 bits per heavy atom. The number of nitrogens with one attached hydrogen (secondary N) is 2. The van der Waals surface area contributed by atoms with Crippen LogP contribution in [0.2, 0.25) is 0 Å². The average molecular weight is 378 g/mol. The van der Waals surface area contributed by atoms with E-state index in [9.17, 15) is 0 Å². The summed E-state index contributed by atoms with van der Waals surface area (Å²) >= 11 is 0. The molecule has 1 aromatic carbocycles. The van der Waals surface area contributed by atoms with Crippen molar-refractivity contribution in [1.82, 2.24) is 10.6 Å². The van der Waals surface area contributed by atoms with E-state index in [4.69, 9.17) is 14.2 Å². The lowest BCUT2D eigenvalue weighted by molar-refractivity contribution is 0.0168. The van der Waals surface area contributed by atoms with Crippen LogP contribution in [-0.4, -0.2) is 58.6 Å². The molecule has 0 spiro atoms. The SMILES string of the molecule is CN=C(NCCCCOc1ccc(C)cc1)NCCCOCC1CCCO1. The Morgan fingerprint density at radius 1 is 1.11 bits per heavy atom. The molecular formula is C21H35N3O3. The number of guanidine groups is 1. The van der Waals surface area contributed by atoms with Gasteiger partial charge in [-0.05, 0) is 51.2 Å². The van der Waals surface area contributed by atoms with Crippen molar-refractivity contribution in [2.45, 2.75) is 45.1 Å². The molecule has 0 saturated carbocycles. The minimum absolute atomic E-state index is 0.308. The highest BCUT2D eigenvalue weighted by molar-refractivity contribution is 5.79. The van der Waals surface area contributed by atoms with E-state index in [0.717, 1.165) is 83.3 Å². The third-order valence-electron chi connectivity index (χ3n) is 4.46. The van der Waals surface area contributed by atoms with Gasteiger partial charge in [0.1, 0.15) is 5.75 Å². The predicted octanol–water partition coefficient (Wildman–Crippen LogP) is 2.90. The van der Waals surface area contributed by atoms with E-state index in [1.54, 1.807) is 7.05 Å². The van der Waals surface area contributed by atoms with E-state index in [-0.39, 0.29) is 0 Å². The molecule has 1 atom stereocenters. The molecule has 1 aliphatic rings. The fourth-order valence-electron chi connectivity index (χ4n) is 2.85. The monoisotopic (exact) mass is 377 g/mol. The molecule has 1 fully saturated rings. The van der Waals surface area contributed by atoms with E-state index in [0.29, 0.717) is 6.10 Å². The zero-order valence-corrected chi connectivity index (χ0v) is 16.8. The van der Waals surface area contributed by atoms with Gasteiger partial charge in [-0.1, -0.05) is 17.7 Å². The Bertz CT molecular complexity index is 528. The van der Waals surface area contributed by atoms with Gasteiger partial charge in [0, 0.05) is 33.4 Å². The smallest absolute Gasteiger partial charge is 0.190 e. The van der Waals surface area contributed by atoms with Crippen molar-refractivity contribution in [3.8, 4) is 5.75 Å². The second kappa shape index (κ2) is 13.4. The maximum Gasteiger partial charge on any atom is 0.190 e. The molecular weight excluding hydrogens is 342 g/mol. The van der Waals surface area contributed by atoms with Crippen LogP contribution in [0.1, 0.15) is 37.7 Å². The number of aliphatic imine (C=N–C) groups is 1. The van der Waals surface area contributed by atoms with Gasteiger partial charge in [-0.15, -0.1) is 0 Å². The standard InChI is InChI=1S/C21H35N3O3/c1-18-8-10-19(11-9-18)26-15-4-3-12-23-21(22-2)24-13-6-14-25-17-20-7-5-16-27-20/h8-11,20H,3-7,12-17H2,1-2H3,(H2,22,23,24). The molecule has 0 aromatic heterocycles. The van der Waals surface area contributed by atoms with E-state index < -0.39 is 0 Å². The van der Waals surface area contributed by atoms with Crippen molar-refractivity contribution < 1.29 is 14.2 Å². The number of benzene rings is 1. The van der Waals surface area contributed by atoms with Gasteiger partial charge >= 0.3 is 0 Å². The lowest BCUT2D eigenvalue weighted by Crippen LogP contribution is -2.38. The Balaban J connectivity index is 1.41. The summed E-state index contributed by atoms with van der Waals surface area (Å²) in [5.41, 5.74) is 1.25. The number of ether oxygens (including phenoxy) is 3. The van der Waals surface area contributed by atoms with E-state index in [2.05, 4.69) is 34.7 Å². The lowest BCUT2D eigenvalue weighted by atomic mass is 10.2. The summed E-state index contributed by atoms with van der Waals surface area (Å²) in [6.45, 7) is 6.90. The van der Waals surface area contributed by atoms with Gasteiger partial charge in [0.2, 0.25) is 0 Å². The average Bonchev–Trinajstić information content (AvgIpc) is 3.20. The number of hydrogen-bond donors (Lipinski definition) is 2. The summed E-state index contributed by atoms with van der Waals surface area (Å²) < 4.78 is 16.9. The fraction of sp³-hybridized carbons (Fsp3) is 0.667.